The van der Waals surface area contributed by atoms with Crippen LogP contribution in [0.2, 0.25) is 5.15 Å². The van der Waals surface area contributed by atoms with Crippen molar-refractivity contribution in [2.45, 2.75) is 53.0 Å². The molecule has 2 aromatic rings. The van der Waals surface area contributed by atoms with Crippen LogP contribution in [0.1, 0.15) is 55.0 Å². The standard InChI is InChI=1S/C16H22ClN3S/c1-9-12(7-8-13(17)19-9)18-10(2)14-11(3)20-15(21-14)16(4,5)6/h7-8,10,18H,1-6H3. The molecule has 0 spiro atoms. The zero-order valence-corrected chi connectivity index (χ0v) is 15.0. The highest BCUT2D eigenvalue weighted by molar-refractivity contribution is 7.12. The molecule has 1 atom stereocenters. The van der Waals surface area contributed by atoms with Gasteiger partial charge < -0.3 is 5.32 Å². The second-order valence-corrected chi connectivity index (χ2v) is 7.77. The summed E-state index contributed by atoms with van der Waals surface area (Å²) in [5, 5.41) is 5.21. The molecule has 1 N–H and O–H groups in total. The lowest BCUT2D eigenvalue weighted by Crippen LogP contribution is -2.10. The van der Waals surface area contributed by atoms with Crippen molar-refractivity contribution in [3.8, 4) is 0 Å². The fraction of sp³-hybridized carbons (Fsp3) is 0.500. The number of aromatic nitrogens is 2. The third-order valence-corrected chi connectivity index (χ3v) is 5.27. The maximum Gasteiger partial charge on any atom is 0.129 e. The predicted octanol–water partition coefficient (Wildman–Crippen LogP) is 5.28. The summed E-state index contributed by atoms with van der Waals surface area (Å²) in [6, 6.07) is 3.98. The molecule has 0 aliphatic rings. The van der Waals surface area contributed by atoms with E-state index in [1.54, 1.807) is 11.3 Å². The van der Waals surface area contributed by atoms with Crippen molar-refractivity contribution >= 4 is 28.6 Å². The van der Waals surface area contributed by atoms with Gasteiger partial charge in [-0.3, -0.25) is 0 Å². The average Bonchev–Trinajstić information content (AvgIpc) is 2.75. The van der Waals surface area contributed by atoms with Gasteiger partial charge in [-0.1, -0.05) is 32.4 Å². The summed E-state index contributed by atoms with van der Waals surface area (Å²) >= 11 is 7.69. The first kappa shape index (κ1) is 16.2. The summed E-state index contributed by atoms with van der Waals surface area (Å²) in [7, 11) is 0. The lowest BCUT2D eigenvalue weighted by Gasteiger charge is -2.16. The quantitative estimate of drug-likeness (QED) is 0.781. The van der Waals surface area contributed by atoms with Gasteiger partial charge in [0.05, 0.1) is 28.1 Å². The lowest BCUT2D eigenvalue weighted by atomic mass is 9.98. The molecule has 0 radical (unpaired) electrons. The molecule has 3 nitrogen and oxygen atoms in total. The van der Waals surface area contributed by atoms with Crippen molar-refractivity contribution in [2.75, 3.05) is 5.32 Å². The Morgan fingerprint density at radius 2 is 1.81 bits per heavy atom. The van der Waals surface area contributed by atoms with Gasteiger partial charge >= 0.3 is 0 Å². The van der Waals surface area contributed by atoms with Gasteiger partial charge in [0.25, 0.3) is 0 Å². The van der Waals surface area contributed by atoms with Gasteiger partial charge in [-0.15, -0.1) is 11.3 Å². The maximum atomic E-state index is 5.90. The number of halogens is 1. The molecule has 2 rings (SSSR count). The minimum Gasteiger partial charge on any atom is -0.376 e. The van der Waals surface area contributed by atoms with Gasteiger partial charge in [0.1, 0.15) is 5.15 Å². The molecule has 5 heteroatoms. The van der Waals surface area contributed by atoms with Crippen LogP contribution in [-0.4, -0.2) is 9.97 Å². The van der Waals surface area contributed by atoms with Crippen molar-refractivity contribution in [1.82, 2.24) is 9.97 Å². The van der Waals surface area contributed by atoms with Gasteiger partial charge in [-0.05, 0) is 32.9 Å². The normalized spacial score (nSPS) is 13.3. The van der Waals surface area contributed by atoms with Crippen LogP contribution in [0.3, 0.4) is 0 Å². The molecule has 0 amide bonds. The molecule has 0 aromatic carbocycles. The molecule has 0 aliphatic carbocycles. The van der Waals surface area contributed by atoms with Crippen LogP contribution in [0.4, 0.5) is 5.69 Å². The van der Waals surface area contributed by atoms with E-state index < -0.39 is 0 Å². The van der Waals surface area contributed by atoms with Crippen LogP contribution < -0.4 is 5.32 Å². The Labute approximate surface area is 135 Å². The highest BCUT2D eigenvalue weighted by Gasteiger charge is 2.22. The largest absolute Gasteiger partial charge is 0.376 e. The second kappa shape index (κ2) is 5.93. The van der Waals surface area contributed by atoms with Crippen LogP contribution in [0, 0.1) is 13.8 Å². The van der Waals surface area contributed by atoms with Gasteiger partial charge in [0, 0.05) is 10.3 Å². The SMILES string of the molecule is Cc1nc(Cl)ccc1NC(C)c1sc(C(C)(C)C)nc1C. The number of aryl methyl sites for hydroxylation is 2. The Balaban J connectivity index is 2.24. The van der Waals surface area contributed by atoms with Crippen LogP contribution in [0.25, 0.3) is 0 Å². The molecule has 0 bridgehead atoms. The minimum absolute atomic E-state index is 0.0884. The molecule has 0 saturated heterocycles. The lowest BCUT2D eigenvalue weighted by molar-refractivity contribution is 0.584. The minimum atomic E-state index is 0.0884. The number of rotatable bonds is 3. The zero-order chi connectivity index (χ0) is 15.8. The molecular weight excluding hydrogens is 302 g/mol. The number of anilines is 1. The number of thiazole rings is 1. The number of pyridine rings is 1. The Kier molecular flexibility index (Phi) is 4.59. The summed E-state index contributed by atoms with van der Waals surface area (Å²) in [6.45, 7) is 12.8. The Bertz CT molecular complexity index is 643. The van der Waals surface area contributed by atoms with Crippen molar-refractivity contribution in [3.63, 3.8) is 0 Å². The fourth-order valence-electron chi connectivity index (χ4n) is 2.11. The van der Waals surface area contributed by atoms with E-state index in [0.29, 0.717) is 5.15 Å². The van der Waals surface area contributed by atoms with Gasteiger partial charge in [-0.25, -0.2) is 9.97 Å². The molecule has 0 fully saturated rings. The highest BCUT2D eigenvalue weighted by atomic mass is 35.5. The summed E-state index contributed by atoms with van der Waals surface area (Å²) in [5.41, 5.74) is 3.11. The molecule has 21 heavy (non-hydrogen) atoms. The van der Waals surface area contributed by atoms with Crippen molar-refractivity contribution in [3.05, 3.63) is 38.6 Å². The van der Waals surface area contributed by atoms with E-state index in [2.05, 4.69) is 44.9 Å². The van der Waals surface area contributed by atoms with E-state index >= 15 is 0 Å². The van der Waals surface area contributed by atoms with E-state index in [-0.39, 0.29) is 11.5 Å². The van der Waals surface area contributed by atoms with Crippen LogP contribution in [0.5, 0.6) is 0 Å². The van der Waals surface area contributed by atoms with E-state index in [4.69, 9.17) is 16.6 Å². The molecule has 2 heterocycles. The Hall–Kier alpha value is -1.13. The Morgan fingerprint density at radius 1 is 1.14 bits per heavy atom. The molecular formula is C16H22ClN3S. The van der Waals surface area contributed by atoms with Crippen molar-refractivity contribution < 1.29 is 0 Å². The van der Waals surface area contributed by atoms with Crippen molar-refractivity contribution in [2.24, 2.45) is 0 Å². The Morgan fingerprint density at radius 3 is 2.33 bits per heavy atom. The molecule has 1 unspecified atom stereocenters. The third kappa shape index (κ3) is 3.74. The van der Waals surface area contributed by atoms with Crippen molar-refractivity contribution in [1.29, 1.82) is 0 Å². The maximum absolute atomic E-state index is 5.90. The predicted molar refractivity (Wildman–Crippen MR) is 91.6 cm³/mol. The second-order valence-electron chi connectivity index (χ2n) is 6.35. The molecule has 2 aromatic heterocycles. The van der Waals surface area contributed by atoms with E-state index in [1.807, 2.05) is 19.1 Å². The molecule has 0 saturated carbocycles. The van der Waals surface area contributed by atoms with Gasteiger partial charge in [0.15, 0.2) is 0 Å². The number of hydrogen-bond donors (Lipinski definition) is 1. The van der Waals surface area contributed by atoms with Crippen LogP contribution in [-0.2, 0) is 5.41 Å². The first-order chi connectivity index (χ1) is 9.68. The first-order valence-corrected chi connectivity index (χ1v) is 8.25. The summed E-state index contributed by atoms with van der Waals surface area (Å²) in [4.78, 5) is 10.3. The van der Waals surface area contributed by atoms with E-state index in [1.165, 1.54) is 9.88 Å². The van der Waals surface area contributed by atoms with Crippen LogP contribution >= 0.6 is 22.9 Å². The third-order valence-electron chi connectivity index (χ3n) is 3.29. The molecule has 0 aliphatic heterocycles. The summed E-state index contributed by atoms with van der Waals surface area (Å²) in [6.07, 6.45) is 0. The topological polar surface area (TPSA) is 37.8 Å². The van der Waals surface area contributed by atoms with Gasteiger partial charge in [-0.2, -0.15) is 0 Å². The van der Waals surface area contributed by atoms with E-state index in [9.17, 15) is 0 Å². The number of hydrogen-bond acceptors (Lipinski definition) is 4. The average molecular weight is 324 g/mol. The van der Waals surface area contributed by atoms with Gasteiger partial charge in [0.2, 0.25) is 0 Å². The highest BCUT2D eigenvalue weighted by Crippen LogP contribution is 2.34. The summed E-state index contributed by atoms with van der Waals surface area (Å²) in [5.74, 6) is 0. The zero-order valence-electron chi connectivity index (χ0n) is 13.4. The summed E-state index contributed by atoms with van der Waals surface area (Å²) < 4.78 is 0. The smallest absolute Gasteiger partial charge is 0.129 e. The number of nitrogens with one attached hydrogen (secondary N) is 1. The molecule has 114 valence electrons. The first-order valence-electron chi connectivity index (χ1n) is 7.06. The monoisotopic (exact) mass is 323 g/mol. The fourth-order valence-corrected chi connectivity index (χ4v) is 3.43. The van der Waals surface area contributed by atoms with Crippen LogP contribution in [0.15, 0.2) is 12.1 Å². The number of nitrogens with zero attached hydrogens (tertiary/aromatic N) is 2. The van der Waals surface area contributed by atoms with E-state index in [0.717, 1.165) is 17.1 Å².